The summed E-state index contributed by atoms with van der Waals surface area (Å²) >= 11 is 0. The highest BCUT2D eigenvalue weighted by Gasteiger charge is 2.34. The van der Waals surface area contributed by atoms with E-state index >= 15 is 0 Å². The van der Waals surface area contributed by atoms with Crippen molar-refractivity contribution in [2.24, 2.45) is 12.5 Å². The van der Waals surface area contributed by atoms with Crippen molar-refractivity contribution in [3.8, 4) is 0 Å². The van der Waals surface area contributed by atoms with Crippen LogP contribution in [0.5, 0.6) is 0 Å². The van der Waals surface area contributed by atoms with Crippen molar-refractivity contribution in [3.63, 3.8) is 0 Å². The smallest absolute Gasteiger partial charge is 0.109 e. The molecule has 0 spiro atoms. The highest BCUT2D eigenvalue weighted by molar-refractivity contribution is 5.29. The molecule has 3 heteroatoms. The van der Waals surface area contributed by atoms with Gasteiger partial charge in [-0.15, -0.1) is 0 Å². The van der Waals surface area contributed by atoms with Crippen molar-refractivity contribution < 1.29 is 4.42 Å². The molecule has 1 unspecified atom stereocenters. The summed E-state index contributed by atoms with van der Waals surface area (Å²) < 4.78 is 8.06. The molecule has 0 bridgehead atoms. The number of furan rings is 1. The van der Waals surface area contributed by atoms with Gasteiger partial charge in [0.25, 0.3) is 0 Å². The normalized spacial score (nSPS) is 20.9. The van der Waals surface area contributed by atoms with Crippen molar-refractivity contribution in [1.82, 2.24) is 9.88 Å². The molecule has 1 aliphatic rings. The minimum absolute atomic E-state index is 0.295. The van der Waals surface area contributed by atoms with Gasteiger partial charge in [0.15, 0.2) is 0 Å². The largest absolute Gasteiger partial charge is 0.466 e. The predicted octanol–water partition coefficient (Wildman–Crippen LogP) is 3.73. The van der Waals surface area contributed by atoms with Crippen molar-refractivity contribution in [3.05, 3.63) is 47.2 Å². The summed E-state index contributed by atoms with van der Waals surface area (Å²) in [5.41, 5.74) is 2.97. The van der Waals surface area contributed by atoms with Gasteiger partial charge in [-0.25, -0.2) is 0 Å². The summed E-state index contributed by atoms with van der Waals surface area (Å²) in [4.78, 5) is 0. The number of hydrogen-bond donors (Lipinski definition) is 1. The van der Waals surface area contributed by atoms with Crippen molar-refractivity contribution >= 4 is 0 Å². The zero-order chi connectivity index (χ0) is 14.3. The standard InChI is InChI=1S/C17H24N2O/c1-12-8-14-15(9-17(2,3)10-16(14)20-12)18-11-13-6-5-7-19(13)4/h5-8,15,18H,9-11H2,1-4H3. The van der Waals surface area contributed by atoms with Crippen LogP contribution in [-0.2, 0) is 20.0 Å². The molecule has 2 aromatic rings. The maximum Gasteiger partial charge on any atom is 0.109 e. The van der Waals surface area contributed by atoms with E-state index in [1.807, 2.05) is 6.92 Å². The number of nitrogens with zero attached hydrogens (tertiary/aromatic N) is 1. The summed E-state index contributed by atoms with van der Waals surface area (Å²) in [6, 6.07) is 6.85. The number of hydrogen-bond acceptors (Lipinski definition) is 2. The van der Waals surface area contributed by atoms with E-state index in [1.54, 1.807) is 0 Å². The fraction of sp³-hybridized carbons (Fsp3) is 0.529. The summed E-state index contributed by atoms with van der Waals surface area (Å²) in [7, 11) is 2.09. The summed E-state index contributed by atoms with van der Waals surface area (Å²) in [5, 5.41) is 3.71. The minimum Gasteiger partial charge on any atom is -0.466 e. The van der Waals surface area contributed by atoms with Gasteiger partial charge in [-0.2, -0.15) is 0 Å². The van der Waals surface area contributed by atoms with Crippen LogP contribution in [0.15, 0.2) is 28.8 Å². The Kier molecular flexibility index (Phi) is 3.25. The molecule has 0 aliphatic heterocycles. The van der Waals surface area contributed by atoms with Crippen LogP contribution in [0.1, 0.15) is 49.1 Å². The van der Waals surface area contributed by atoms with Crippen LogP contribution in [0.2, 0.25) is 0 Å². The molecule has 20 heavy (non-hydrogen) atoms. The fourth-order valence-electron chi connectivity index (χ4n) is 3.27. The predicted molar refractivity (Wildman–Crippen MR) is 80.5 cm³/mol. The maximum atomic E-state index is 5.89. The lowest BCUT2D eigenvalue weighted by atomic mass is 9.74. The van der Waals surface area contributed by atoms with Gasteiger partial charge >= 0.3 is 0 Å². The molecule has 2 heterocycles. The second-order valence-electron chi connectivity index (χ2n) is 6.82. The van der Waals surface area contributed by atoms with Gasteiger partial charge in [0.2, 0.25) is 0 Å². The molecule has 1 N–H and O–H groups in total. The van der Waals surface area contributed by atoms with E-state index < -0.39 is 0 Å². The molecule has 0 saturated carbocycles. The van der Waals surface area contributed by atoms with Crippen LogP contribution < -0.4 is 5.32 Å². The Balaban J connectivity index is 1.80. The zero-order valence-corrected chi connectivity index (χ0v) is 12.9. The molecular formula is C17H24N2O. The average molecular weight is 272 g/mol. The lowest BCUT2D eigenvalue weighted by Crippen LogP contribution is -2.32. The molecule has 108 valence electrons. The molecular weight excluding hydrogens is 248 g/mol. The van der Waals surface area contributed by atoms with Gasteiger partial charge in [0, 0.05) is 43.5 Å². The van der Waals surface area contributed by atoms with Crippen LogP contribution in [0.4, 0.5) is 0 Å². The number of aromatic nitrogens is 1. The van der Waals surface area contributed by atoms with E-state index in [0.717, 1.165) is 25.1 Å². The third kappa shape index (κ3) is 2.55. The van der Waals surface area contributed by atoms with Crippen LogP contribution in [0, 0.1) is 12.3 Å². The molecule has 0 aromatic carbocycles. The van der Waals surface area contributed by atoms with E-state index in [4.69, 9.17) is 4.42 Å². The van der Waals surface area contributed by atoms with E-state index in [-0.39, 0.29) is 0 Å². The topological polar surface area (TPSA) is 30.1 Å². The summed E-state index contributed by atoms with van der Waals surface area (Å²) in [6.07, 6.45) is 4.29. The molecule has 2 aromatic heterocycles. The minimum atomic E-state index is 0.295. The van der Waals surface area contributed by atoms with Crippen LogP contribution >= 0.6 is 0 Å². The number of fused-ring (bicyclic) bond motifs is 1. The van der Waals surface area contributed by atoms with Crippen molar-refractivity contribution in [2.45, 2.75) is 46.2 Å². The fourth-order valence-corrected chi connectivity index (χ4v) is 3.27. The summed E-state index contributed by atoms with van der Waals surface area (Å²) in [5.74, 6) is 2.20. The molecule has 3 rings (SSSR count). The SMILES string of the molecule is Cc1cc2c(o1)CC(C)(C)CC2NCc1cccn1C. The Labute approximate surface area is 121 Å². The Morgan fingerprint density at radius 1 is 1.45 bits per heavy atom. The highest BCUT2D eigenvalue weighted by Crippen LogP contribution is 2.42. The van der Waals surface area contributed by atoms with Gasteiger partial charge in [0.1, 0.15) is 11.5 Å². The van der Waals surface area contributed by atoms with Crippen LogP contribution in [0.25, 0.3) is 0 Å². The third-order valence-corrected chi connectivity index (χ3v) is 4.32. The third-order valence-electron chi connectivity index (χ3n) is 4.32. The van der Waals surface area contributed by atoms with Gasteiger partial charge in [-0.1, -0.05) is 13.8 Å². The first-order chi connectivity index (χ1) is 9.44. The number of aryl methyl sites for hydroxylation is 2. The molecule has 0 saturated heterocycles. The van der Waals surface area contributed by atoms with Gasteiger partial charge < -0.3 is 14.3 Å². The van der Waals surface area contributed by atoms with Gasteiger partial charge in [-0.05, 0) is 37.0 Å². The molecule has 0 radical (unpaired) electrons. The van der Waals surface area contributed by atoms with Gasteiger partial charge in [-0.3, -0.25) is 0 Å². The molecule has 0 fully saturated rings. The number of nitrogens with one attached hydrogen (secondary N) is 1. The first-order valence-electron chi connectivity index (χ1n) is 7.37. The highest BCUT2D eigenvalue weighted by atomic mass is 16.3. The van der Waals surface area contributed by atoms with Crippen LogP contribution in [-0.4, -0.2) is 4.57 Å². The molecule has 1 atom stereocenters. The lowest BCUT2D eigenvalue weighted by Gasteiger charge is -2.34. The molecule has 3 nitrogen and oxygen atoms in total. The zero-order valence-electron chi connectivity index (χ0n) is 12.9. The van der Waals surface area contributed by atoms with E-state index in [1.165, 1.54) is 17.0 Å². The number of rotatable bonds is 3. The first-order valence-corrected chi connectivity index (χ1v) is 7.37. The average Bonchev–Trinajstić information content (AvgIpc) is 2.90. The Morgan fingerprint density at radius 2 is 2.25 bits per heavy atom. The molecule has 1 aliphatic carbocycles. The van der Waals surface area contributed by atoms with Gasteiger partial charge in [0.05, 0.1) is 0 Å². The van der Waals surface area contributed by atoms with E-state index in [2.05, 4.69) is 55.2 Å². The van der Waals surface area contributed by atoms with E-state index in [0.29, 0.717) is 11.5 Å². The van der Waals surface area contributed by atoms with Crippen molar-refractivity contribution in [2.75, 3.05) is 0 Å². The van der Waals surface area contributed by atoms with Crippen molar-refractivity contribution in [1.29, 1.82) is 0 Å². The van der Waals surface area contributed by atoms with Crippen LogP contribution in [0.3, 0.4) is 0 Å². The Hall–Kier alpha value is -1.48. The second kappa shape index (κ2) is 4.81. The molecule has 0 amide bonds. The maximum absolute atomic E-state index is 5.89. The Morgan fingerprint density at radius 3 is 2.95 bits per heavy atom. The monoisotopic (exact) mass is 272 g/mol. The lowest BCUT2D eigenvalue weighted by molar-refractivity contribution is 0.233. The summed E-state index contributed by atoms with van der Waals surface area (Å²) in [6.45, 7) is 7.59. The quantitative estimate of drug-likeness (QED) is 0.922. The Bertz CT molecular complexity index is 606. The second-order valence-corrected chi connectivity index (χ2v) is 6.82. The first kappa shape index (κ1) is 13.5. The van der Waals surface area contributed by atoms with E-state index in [9.17, 15) is 0 Å².